The van der Waals surface area contributed by atoms with Crippen molar-refractivity contribution in [1.29, 1.82) is 0 Å². The predicted octanol–water partition coefficient (Wildman–Crippen LogP) is 3.86. The summed E-state index contributed by atoms with van der Waals surface area (Å²) in [6.45, 7) is -0.0497. The van der Waals surface area contributed by atoms with Gasteiger partial charge in [0.15, 0.2) is 0 Å². The second-order valence-electron chi connectivity index (χ2n) is 5.72. The van der Waals surface area contributed by atoms with Crippen LogP contribution in [0.15, 0.2) is 60.7 Å². The van der Waals surface area contributed by atoms with Gasteiger partial charge >= 0.3 is 0 Å². The third kappa shape index (κ3) is 3.66. The molecule has 0 spiro atoms. The van der Waals surface area contributed by atoms with Gasteiger partial charge in [-0.1, -0.05) is 54.1 Å². The van der Waals surface area contributed by atoms with E-state index in [2.05, 4.69) is 5.32 Å². The SMILES string of the molecule is O=C(NCC(O)c1cccc2ccccc12)c1cc([N+](=O)[O-])ccc1Cl. The van der Waals surface area contributed by atoms with Gasteiger partial charge in [0.05, 0.1) is 21.6 Å². The number of carbonyl (C=O) groups is 1. The number of benzene rings is 3. The highest BCUT2D eigenvalue weighted by molar-refractivity contribution is 6.33. The zero-order valence-corrected chi connectivity index (χ0v) is 14.3. The van der Waals surface area contributed by atoms with E-state index in [1.807, 2.05) is 36.4 Å². The molecule has 0 fully saturated rings. The van der Waals surface area contributed by atoms with Gasteiger partial charge in [0, 0.05) is 18.7 Å². The zero-order valence-electron chi connectivity index (χ0n) is 13.6. The van der Waals surface area contributed by atoms with Crippen LogP contribution in [0, 0.1) is 10.1 Å². The number of nitrogens with one attached hydrogen (secondary N) is 1. The van der Waals surface area contributed by atoms with E-state index in [9.17, 15) is 20.0 Å². The Bertz CT molecular complexity index is 985. The molecule has 0 saturated heterocycles. The monoisotopic (exact) mass is 370 g/mol. The van der Waals surface area contributed by atoms with Gasteiger partial charge in [-0.25, -0.2) is 0 Å². The number of halogens is 1. The van der Waals surface area contributed by atoms with Crippen LogP contribution in [0.4, 0.5) is 5.69 Å². The summed E-state index contributed by atoms with van der Waals surface area (Å²) in [7, 11) is 0. The van der Waals surface area contributed by atoms with Crippen molar-refractivity contribution in [3.05, 3.63) is 86.9 Å². The highest BCUT2D eigenvalue weighted by atomic mass is 35.5. The Morgan fingerprint density at radius 2 is 1.88 bits per heavy atom. The Labute approximate surface area is 154 Å². The number of nitro groups is 1. The van der Waals surface area contributed by atoms with Gasteiger partial charge in [0.1, 0.15) is 0 Å². The van der Waals surface area contributed by atoms with Crippen LogP contribution >= 0.6 is 11.6 Å². The molecule has 7 heteroatoms. The van der Waals surface area contributed by atoms with E-state index in [4.69, 9.17) is 11.6 Å². The molecule has 1 amide bonds. The molecule has 0 aliphatic rings. The number of nitro benzene ring substituents is 1. The van der Waals surface area contributed by atoms with Crippen LogP contribution in [0.3, 0.4) is 0 Å². The summed E-state index contributed by atoms with van der Waals surface area (Å²) in [6, 6.07) is 16.8. The number of amides is 1. The fourth-order valence-corrected chi connectivity index (χ4v) is 2.94. The number of aliphatic hydroxyl groups excluding tert-OH is 1. The summed E-state index contributed by atoms with van der Waals surface area (Å²) in [6.07, 6.45) is -0.928. The quantitative estimate of drug-likeness (QED) is 0.526. The largest absolute Gasteiger partial charge is 0.387 e. The van der Waals surface area contributed by atoms with E-state index < -0.39 is 16.9 Å². The van der Waals surface area contributed by atoms with Gasteiger partial charge in [-0.2, -0.15) is 0 Å². The van der Waals surface area contributed by atoms with Crippen LogP contribution in [0.2, 0.25) is 5.02 Å². The third-order valence-corrected chi connectivity index (χ3v) is 4.37. The van der Waals surface area contributed by atoms with Crippen molar-refractivity contribution in [1.82, 2.24) is 5.32 Å². The van der Waals surface area contributed by atoms with Crippen molar-refractivity contribution in [2.45, 2.75) is 6.10 Å². The molecule has 26 heavy (non-hydrogen) atoms. The Kier molecular flexibility index (Phi) is 5.16. The van der Waals surface area contributed by atoms with Gasteiger partial charge < -0.3 is 10.4 Å². The Hall–Kier alpha value is -2.96. The maximum atomic E-state index is 12.3. The number of aliphatic hydroxyl groups is 1. The molecule has 0 aromatic heterocycles. The Morgan fingerprint density at radius 1 is 1.15 bits per heavy atom. The molecule has 3 aromatic rings. The topological polar surface area (TPSA) is 92.5 Å². The molecule has 0 heterocycles. The Morgan fingerprint density at radius 3 is 2.65 bits per heavy atom. The van der Waals surface area contributed by atoms with E-state index in [0.717, 1.165) is 16.8 Å². The zero-order chi connectivity index (χ0) is 18.7. The van der Waals surface area contributed by atoms with Crippen molar-refractivity contribution in [3.63, 3.8) is 0 Å². The number of hydrogen-bond donors (Lipinski definition) is 2. The molecule has 0 saturated carbocycles. The molecule has 132 valence electrons. The maximum absolute atomic E-state index is 12.3. The van der Waals surface area contributed by atoms with Crippen LogP contribution in [-0.4, -0.2) is 22.5 Å². The van der Waals surface area contributed by atoms with Gasteiger partial charge in [0.25, 0.3) is 11.6 Å². The first-order chi connectivity index (χ1) is 12.5. The molecule has 3 rings (SSSR count). The number of non-ortho nitro benzene ring substituents is 1. The lowest BCUT2D eigenvalue weighted by Crippen LogP contribution is -2.28. The summed E-state index contributed by atoms with van der Waals surface area (Å²) in [4.78, 5) is 22.6. The van der Waals surface area contributed by atoms with E-state index >= 15 is 0 Å². The first-order valence-corrected chi connectivity index (χ1v) is 8.23. The minimum Gasteiger partial charge on any atom is -0.387 e. The standard InChI is InChI=1S/C19H15ClN2O4/c20-17-9-8-13(22(25)26)10-16(17)19(24)21-11-18(23)15-7-3-5-12-4-1-2-6-14(12)15/h1-10,18,23H,11H2,(H,21,24). The number of fused-ring (bicyclic) bond motifs is 1. The normalized spacial score (nSPS) is 11.9. The van der Waals surface area contributed by atoms with Crippen molar-refractivity contribution in [2.24, 2.45) is 0 Å². The third-order valence-electron chi connectivity index (χ3n) is 4.04. The minimum absolute atomic E-state index is 0.00835. The van der Waals surface area contributed by atoms with Gasteiger partial charge in [-0.3, -0.25) is 14.9 Å². The average Bonchev–Trinajstić information content (AvgIpc) is 2.65. The summed E-state index contributed by atoms with van der Waals surface area (Å²) >= 11 is 5.96. The summed E-state index contributed by atoms with van der Waals surface area (Å²) < 4.78 is 0. The minimum atomic E-state index is -0.928. The van der Waals surface area contributed by atoms with Crippen molar-refractivity contribution in [2.75, 3.05) is 6.54 Å². The van der Waals surface area contributed by atoms with Crippen LogP contribution in [0.5, 0.6) is 0 Å². The Balaban J connectivity index is 1.77. The van der Waals surface area contributed by atoms with Crippen molar-refractivity contribution in [3.8, 4) is 0 Å². The lowest BCUT2D eigenvalue weighted by Gasteiger charge is -2.15. The molecule has 1 unspecified atom stereocenters. The van der Waals surface area contributed by atoms with E-state index in [0.29, 0.717) is 5.56 Å². The summed E-state index contributed by atoms with van der Waals surface area (Å²) in [5.74, 6) is -0.585. The molecule has 2 N–H and O–H groups in total. The molecule has 0 aliphatic carbocycles. The first kappa shape index (κ1) is 17.8. The fourth-order valence-electron chi connectivity index (χ4n) is 2.74. The molecule has 1 atom stereocenters. The van der Waals surface area contributed by atoms with Crippen LogP contribution in [0.1, 0.15) is 22.0 Å². The summed E-state index contributed by atoms with van der Waals surface area (Å²) in [5.41, 5.74) is 0.452. The van der Waals surface area contributed by atoms with E-state index in [-0.39, 0.29) is 22.8 Å². The summed E-state index contributed by atoms with van der Waals surface area (Å²) in [5, 5.41) is 25.9. The number of carbonyl (C=O) groups excluding carboxylic acids is 1. The maximum Gasteiger partial charge on any atom is 0.270 e. The van der Waals surface area contributed by atoms with Crippen molar-refractivity contribution >= 4 is 34.0 Å². The predicted molar refractivity (Wildman–Crippen MR) is 99.3 cm³/mol. The second kappa shape index (κ2) is 7.51. The van der Waals surface area contributed by atoms with Crippen molar-refractivity contribution < 1.29 is 14.8 Å². The molecule has 0 aliphatic heterocycles. The first-order valence-electron chi connectivity index (χ1n) is 7.85. The number of hydrogen-bond acceptors (Lipinski definition) is 4. The van der Waals surface area contributed by atoms with Gasteiger partial charge in [-0.15, -0.1) is 0 Å². The lowest BCUT2D eigenvalue weighted by atomic mass is 10.0. The highest BCUT2D eigenvalue weighted by Crippen LogP contribution is 2.25. The van der Waals surface area contributed by atoms with Gasteiger partial charge in [-0.05, 0) is 22.4 Å². The molecular formula is C19H15ClN2O4. The van der Waals surface area contributed by atoms with Crippen LogP contribution in [0.25, 0.3) is 10.8 Å². The number of rotatable bonds is 5. The molecule has 6 nitrogen and oxygen atoms in total. The number of nitrogens with zero attached hydrogens (tertiary/aromatic N) is 1. The van der Waals surface area contributed by atoms with Crippen LogP contribution in [-0.2, 0) is 0 Å². The molecule has 3 aromatic carbocycles. The van der Waals surface area contributed by atoms with E-state index in [1.165, 1.54) is 12.1 Å². The van der Waals surface area contributed by atoms with Crippen LogP contribution < -0.4 is 5.32 Å². The lowest BCUT2D eigenvalue weighted by molar-refractivity contribution is -0.384. The smallest absolute Gasteiger partial charge is 0.270 e. The highest BCUT2D eigenvalue weighted by Gasteiger charge is 2.18. The average molecular weight is 371 g/mol. The van der Waals surface area contributed by atoms with Gasteiger partial charge in [0.2, 0.25) is 0 Å². The fraction of sp³-hybridized carbons (Fsp3) is 0.105. The molecule has 0 radical (unpaired) electrons. The molecular weight excluding hydrogens is 356 g/mol. The molecule has 0 bridgehead atoms. The van der Waals surface area contributed by atoms with E-state index in [1.54, 1.807) is 6.07 Å². The second-order valence-corrected chi connectivity index (χ2v) is 6.12.